The second-order valence-corrected chi connectivity index (χ2v) is 8.01. The monoisotopic (exact) mass is 471 g/mol. The van der Waals surface area contributed by atoms with Gasteiger partial charge in [0, 0.05) is 23.5 Å². The molecule has 0 N–H and O–H groups in total. The Bertz CT molecular complexity index is 1160. The number of esters is 1. The highest BCUT2D eigenvalue weighted by Gasteiger charge is 2.21. The SMILES string of the molecule is CC(C)n1nc(C(=O)OCC(=O)N(C)Cc2ccccc2Br)c2ccccc2c1=O. The predicted octanol–water partition coefficient (Wildman–Crippen LogP) is 3.56. The van der Waals surface area contributed by atoms with Crippen molar-refractivity contribution in [2.45, 2.75) is 26.4 Å². The van der Waals surface area contributed by atoms with Crippen molar-refractivity contribution in [3.8, 4) is 0 Å². The van der Waals surface area contributed by atoms with Crippen molar-refractivity contribution in [3.05, 3.63) is 74.6 Å². The minimum atomic E-state index is -0.747. The molecule has 1 amide bonds. The normalized spacial score (nSPS) is 11.0. The summed E-state index contributed by atoms with van der Waals surface area (Å²) in [6, 6.07) is 14.1. The highest BCUT2D eigenvalue weighted by Crippen LogP contribution is 2.18. The first-order valence-electron chi connectivity index (χ1n) is 9.45. The summed E-state index contributed by atoms with van der Waals surface area (Å²) >= 11 is 3.45. The van der Waals surface area contributed by atoms with Gasteiger partial charge in [-0.25, -0.2) is 9.48 Å². The van der Waals surface area contributed by atoms with Crippen LogP contribution >= 0.6 is 15.9 Å². The van der Waals surface area contributed by atoms with Crippen LogP contribution in [0.4, 0.5) is 0 Å². The average Bonchev–Trinajstić information content (AvgIpc) is 2.73. The number of hydrogen-bond acceptors (Lipinski definition) is 5. The van der Waals surface area contributed by atoms with Crippen molar-refractivity contribution < 1.29 is 14.3 Å². The van der Waals surface area contributed by atoms with Crippen LogP contribution in [0.25, 0.3) is 10.8 Å². The second kappa shape index (κ2) is 9.21. The van der Waals surface area contributed by atoms with E-state index in [4.69, 9.17) is 4.74 Å². The van der Waals surface area contributed by atoms with Gasteiger partial charge in [0.25, 0.3) is 11.5 Å². The third-order valence-electron chi connectivity index (χ3n) is 4.63. The first-order valence-corrected chi connectivity index (χ1v) is 10.2. The maximum atomic E-state index is 12.7. The Kier molecular flexibility index (Phi) is 6.66. The predicted molar refractivity (Wildman–Crippen MR) is 117 cm³/mol. The molecule has 7 nitrogen and oxygen atoms in total. The Morgan fingerprint density at radius 2 is 1.73 bits per heavy atom. The highest BCUT2D eigenvalue weighted by atomic mass is 79.9. The van der Waals surface area contributed by atoms with E-state index in [1.807, 2.05) is 24.3 Å². The molecular weight excluding hydrogens is 450 g/mol. The first-order chi connectivity index (χ1) is 14.3. The molecule has 30 heavy (non-hydrogen) atoms. The number of carbonyl (C=O) groups is 2. The maximum absolute atomic E-state index is 12.7. The Morgan fingerprint density at radius 3 is 2.40 bits per heavy atom. The van der Waals surface area contributed by atoms with E-state index in [1.54, 1.807) is 45.2 Å². The number of ether oxygens (including phenoxy) is 1. The molecule has 0 saturated heterocycles. The zero-order chi connectivity index (χ0) is 21.8. The molecule has 1 aromatic heterocycles. The maximum Gasteiger partial charge on any atom is 0.359 e. The van der Waals surface area contributed by atoms with Gasteiger partial charge in [0.15, 0.2) is 12.3 Å². The number of likely N-dealkylation sites (N-methyl/N-ethyl adjacent to an activating group) is 1. The van der Waals surface area contributed by atoms with E-state index in [0.717, 1.165) is 10.0 Å². The molecule has 3 aromatic rings. The standard InChI is InChI=1S/C22H22BrN3O4/c1-14(2)26-21(28)17-10-6-5-9-16(17)20(24-26)22(29)30-13-19(27)25(3)12-15-8-4-7-11-18(15)23/h4-11,14H,12-13H2,1-3H3. The quantitative estimate of drug-likeness (QED) is 0.513. The number of carbonyl (C=O) groups excluding carboxylic acids is 2. The molecule has 0 radical (unpaired) electrons. The molecule has 0 fully saturated rings. The van der Waals surface area contributed by atoms with Gasteiger partial charge in [-0.05, 0) is 31.5 Å². The third kappa shape index (κ3) is 4.59. The summed E-state index contributed by atoms with van der Waals surface area (Å²) in [6.45, 7) is 3.56. The van der Waals surface area contributed by atoms with Crippen molar-refractivity contribution in [3.63, 3.8) is 0 Å². The smallest absolute Gasteiger partial charge is 0.359 e. The van der Waals surface area contributed by atoms with Crippen LogP contribution in [0.1, 0.15) is 35.9 Å². The number of hydrogen-bond donors (Lipinski definition) is 0. The van der Waals surface area contributed by atoms with Crippen LogP contribution in [0, 0.1) is 0 Å². The number of benzene rings is 2. The lowest BCUT2D eigenvalue weighted by atomic mass is 10.1. The van der Waals surface area contributed by atoms with Gasteiger partial charge in [-0.1, -0.05) is 52.3 Å². The Hall–Kier alpha value is -3.00. The van der Waals surface area contributed by atoms with Crippen LogP contribution in [0.15, 0.2) is 57.8 Å². The Balaban J connectivity index is 1.77. The van der Waals surface area contributed by atoms with Gasteiger partial charge >= 0.3 is 5.97 Å². The zero-order valence-electron chi connectivity index (χ0n) is 17.0. The largest absolute Gasteiger partial charge is 0.451 e. The molecule has 0 atom stereocenters. The fraction of sp³-hybridized carbons (Fsp3) is 0.273. The van der Waals surface area contributed by atoms with Crippen molar-refractivity contribution in [2.75, 3.05) is 13.7 Å². The summed E-state index contributed by atoms with van der Waals surface area (Å²) in [7, 11) is 1.64. The molecule has 0 saturated carbocycles. The number of rotatable bonds is 6. The topological polar surface area (TPSA) is 81.5 Å². The minimum Gasteiger partial charge on any atom is -0.451 e. The van der Waals surface area contributed by atoms with Crippen molar-refractivity contribution in [1.82, 2.24) is 14.7 Å². The van der Waals surface area contributed by atoms with Gasteiger partial charge in [-0.3, -0.25) is 9.59 Å². The summed E-state index contributed by atoms with van der Waals surface area (Å²) in [5, 5.41) is 4.98. The third-order valence-corrected chi connectivity index (χ3v) is 5.40. The van der Waals surface area contributed by atoms with E-state index in [2.05, 4.69) is 21.0 Å². The summed E-state index contributed by atoms with van der Waals surface area (Å²) in [5.74, 6) is -1.09. The number of aromatic nitrogens is 2. The molecule has 0 bridgehead atoms. The van der Waals surface area contributed by atoms with Crippen LogP contribution < -0.4 is 5.56 Å². The average molecular weight is 472 g/mol. The molecule has 0 unspecified atom stereocenters. The molecule has 0 spiro atoms. The van der Waals surface area contributed by atoms with Crippen molar-refractivity contribution in [1.29, 1.82) is 0 Å². The summed E-state index contributed by atoms with van der Waals surface area (Å²) in [5.41, 5.74) is 0.679. The molecule has 0 aliphatic carbocycles. The van der Waals surface area contributed by atoms with E-state index in [0.29, 0.717) is 17.3 Å². The number of nitrogens with zero attached hydrogens (tertiary/aromatic N) is 3. The molecule has 156 valence electrons. The molecule has 1 heterocycles. The van der Waals surface area contributed by atoms with Gasteiger partial charge in [-0.2, -0.15) is 5.10 Å². The zero-order valence-corrected chi connectivity index (χ0v) is 18.5. The van der Waals surface area contributed by atoms with E-state index in [9.17, 15) is 14.4 Å². The lowest BCUT2D eigenvalue weighted by Gasteiger charge is -2.18. The van der Waals surface area contributed by atoms with E-state index < -0.39 is 12.6 Å². The molecular formula is C22H22BrN3O4. The second-order valence-electron chi connectivity index (χ2n) is 7.16. The summed E-state index contributed by atoms with van der Waals surface area (Å²) in [6.07, 6.45) is 0. The fourth-order valence-corrected chi connectivity index (χ4v) is 3.39. The Labute approximate surface area is 182 Å². The Morgan fingerprint density at radius 1 is 1.10 bits per heavy atom. The number of amides is 1. The fourth-order valence-electron chi connectivity index (χ4n) is 2.98. The number of halogens is 1. The van der Waals surface area contributed by atoms with Crippen LogP contribution in [0.2, 0.25) is 0 Å². The van der Waals surface area contributed by atoms with Gasteiger partial charge in [0.1, 0.15) is 0 Å². The van der Waals surface area contributed by atoms with E-state index in [1.165, 1.54) is 9.58 Å². The lowest BCUT2D eigenvalue weighted by molar-refractivity contribution is -0.133. The van der Waals surface area contributed by atoms with Crippen LogP contribution in [0.3, 0.4) is 0 Å². The molecule has 8 heteroatoms. The molecule has 3 rings (SSSR count). The lowest BCUT2D eigenvalue weighted by Crippen LogP contribution is -2.32. The first kappa shape index (κ1) is 21.7. The van der Waals surface area contributed by atoms with Crippen LogP contribution in [-0.2, 0) is 16.1 Å². The molecule has 2 aromatic carbocycles. The van der Waals surface area contributed by atoms with Crippen molar-refractivity contribution in [2.24, 2.45) is 0 Å². The summed E-state index contributed by atoms with van der Waals surface area (Å²) < 4.78 is 7.39. The van der Waals surface area contributed by atoms with Gasteiger partial charge in [0.2, 0.25) is 0 Å². The summed E-state index contributed by atoms with van der Waals surface area (Å²) in [4.78, 5) is 39.2. The van der Waals surface area contributed by atoms with Gasteiger partial charge in [-0.15, -0.1) is 0 Å². The van der Waals surface area contributed by atoms with Crippen LogP contribution in [-0.4, -0.2) is 40.2 Å². The van der Waals surface area contributed by atoms with Gasteiger partial charge < -0.3 is 9.64 Å². The van der Waals surface area contributed by atoms with Crippen molar-refractivity contribution >= 4 is 38.6 Å². The van der Waals surface area contributed by atoms with Gasteiger partial charge in [0.05, 0.1) is 11.4 Å². The highest BCUT2D eigenvalue weighted by molar-refractivity contribution is 9.10. The van der Waals surface area contributed by atoms with Crippen LogP contribution in [0.5, 0.6) is 0 Å². The number of fused-ring (bicyclic) bond motifs is 1. The molecule has 0 aliphatic rings. The molecule has 0 aliphatic heterocycles. The van der Waals surface area contributed by atoms with E-state index in [-0.39, 0.29) is 23.2 Å². The minimum absolute atomic E-state index is 0.0140. The van der Waals surface area contributed by atoms with E-state index >= 15 is 0 Å².